The van der Waals surface area contributed by atoms with Gasteiger partial charge in [0, 0.05) is 10.0 Å². The van der Waals surface area contributed by atoms with Gasteiger partial charge in [0.15, 0.2) is 0 Å². The van der Waals surface area contributed by atoms with E-state index in [2.05, 4.69) is 15.9 Å². The first-order valence-electron chi connectivity index (χ1n) is 2.96. The Balaban J connectivity index is 3.09. The van der Waals surface area contributed by atoms with Gasteiger partial charge in [0.1, 0.15) is 0 Å². The molecule has 0 saturated heterocycles. The lowest BCUT2D eigenvalue weighted by atomic mass is 10.2. The van der Waals surface area contributed by atoms with Crippen molar-refractivity contribution in [2.45, 2.75) is 0 Å². The van der Waals surface area contributed by atoms with Crippen LogP contribution in [0, 0.1) is 0 Å². The van der Waals surface area contributed by atoms with Crippen LogP contribution in [0.4, 0.5) is 0 Å². The van der Waals surface area contributed by atoms with Crippen LogP contribution in [0.3, 0.4) is 0 Å². The van der Waals surface area contributed by atoms with E-state index in [1.54, 1.807) is 17.1 Å². The number of rotatable bonds is 1. The van der Waals surface area contributed by atoms with Crippen molar-refractivity contribution in [1.29, 1.82) is 0 Å². The van der Waals surface area contributed by atoms with E-state index in [1.807, 2.05) is 12.1 Å². The lowest BCUT2D eigenvalue weighted by molar-refractivity contribution is 1.66. The molecule has 0 unspecified atom stereocenters. The molecule has 0 bridgehead atoms. The highest BCUT2D eigenvalue weighted by molar-refractivity contribution is 9.11. The number of halogens is 3. The van der Waals surface area contributed by atoms with E-state index in [0.717, 1.165) is 5.56 Å². The predicted molar refractivity (Wildman–Crippen MR) is 54.4 cm³/mol. The molecule has 3 heteroatoms. The third-order valence-electron chi connectivity index (χ3n) is 1.21. The number of benzene rings is 1. The van der Waals surface area contributed by atoms with Crippen molar-refractivity contribution >= 4 is 45.2 Å². The molecule has 0 N–H and O–H groups in total. The molecular weight excluding hydrogens is 247 g/mol. The van der Waals surface area contributed by atoms with Crippen molar-refractivity contribution in [1.82, 2.24) is 0 Å². The molecule has 0 amide bonds. The summed E-state index contributed by atoms with van der Waals surface area (Å²) in [5.74, 6) is 0. The van der Waals surface area contributed by atoms with Crippen LogP contribution in [-0.4, -0.2) is 0 Å². The topological polar surface area (TPSA) is 0 Å². The van der Waals surface area contributed by atoms with E-state index >= 15 is 0 Å². The highest BCUT2D eigenvalue weighted by Gasteiger charge is 1.95. The molecular formula is C8H5BrCl2. The maximum atomic E-state index is 5.85. The van der Waals surface area contributed by atoms with Gasteiger partial charge >= 0.3 is 0 Å². The largest absolute Gasteiger partial charge is 0.0843 e. The van der Waals surface area contributed by atoms with Gasteiger partial charge in [-0.15, -0.1) is 0 Å². The maximum absolute atomic E-state index is 5.85. The van der Waals surface area contributed by atoms with Crippen molar-refractivity contribution in [2.24, 2.45) is 0 Å². The second-order valence-electron chi connectivity index (χ2n) is 1.96. The van der Waals surface area contributed by atoms with Gasteiger partial charge in [-0.2, -0.15) is 0 Å². The summed E-state index contributed by atoms with van der Waals surface area (Å²) in [6.07, 6.45) is 1.86. The molecule has 0 aliphatic carbocycles. The summed E-state index contributed by atoms with van der Waals surface area (Å²) >= 11 is 14.7. The number of hydrogen-bond acceptors (Lipinski definition) is 0. The summed E-state index contributed by atoms with van der Waals surface area (Å²) in [5, 5.41) is 1.31. The molecule has 1 aromatic rings. The second kappa shape index (κ2) is 4.15. The average molecular weight is 252 g/mol. The van der Waals surface area contributed by atoms with E-state index in [4.69, 9.17) is 23.2 Å². The standard InChI is InChI=1S/C8H5BrCl2/c9-4-3-6-1-2-7(10)5-8(6)11/h1-5H/b4-3+. The van der Waals surface area contributed by atoms with E-state index < -0.39 is 0 Å². The van der Waals surface area contributed by atoms with Crippen molar-refractivity contribution in [3.8, 4) is 0 Å². The fourth-order valence-electron chi connectivity index (χ4n) is 0.705. The predicted octanol–water partition coefficient (Wildman–Crippen LogP) is 4.36. The summed E-state index contributed by atoms with van der Waals surface area (Å²) in [4.78, 5) is 1.75. The van der Waals surface area contributed by atoms with E-state index in [9.17, 15) is 0 Å². The van der Waals surface area contributed by atoms with Crippen LogP contribution < -0.4 is 0 Å². The van der Waals surface area contributed by atoms with Crippen LogP contribution in [0.1, 0.15) is 5.56 Å². The monoisotopic (exact) mass is 250 g/mol. The highest BCUT2D eigenvalue weighted by atomic mass is 79.9. The molecule has 1 aromatic carbocycles. The summed E-state index contributed by atoms with van der Waals surface area (Å²) in [5.41, 5.74) is 0.952. The summed E-state index contributed by atoms with van der Waals surface area (Å²) < 4.78 is 0. The Morgan fingerprint density at radius 1 is 1.27 bits per heavy atom. The Kier molecular flexibility index (Phi) is 3.44. The molecule has 1 rings (SSSR count). The second-order valence-corrected chi connectivity index (χ2v) is 3.33. The molecule has 0 radical (unpaired) electrons. The zero-order valence-corrected chi connectivity index (χ0v) is 8.62. The van der Waals surface area contributed by atoms with E-state index in [1.165, 1.54) is 0 Å². The van der Waals surface area contributed by atoms with Crippen LogP contribution in [0.15, 0.2) is 23.2 Å². The molecule has 11 heavy (non-hydrogen) atoms. The fraction of sp³-hybridized carbons (Fsp3) is 0. The minimum atomic E-state index is 0.654. The van der Waals surface area contributed by atoms with E-state index in [0.29, 0.717) is 10.0 Å². The average Bonchev–Trinajstić information content (AvgIpc) is 1.95. The number of hydrogen-bond donors (Lipinski definition) is 0. The first-order valence-corrected chi connectivity index (χ1v) is 4.63. The van der Waals surface area contributed by atoms with Crippen molar-refractivity contribution < 1.29 is 0 Å². The van der Waals surface area contributed by atoms with Gasteiger partial charge < -0.3 is 0 Å². The van der Waals surface area contributed by atoms with Gasteiger partial charge in [-0.1, -0.05) is 45.2 Å². The van der Waals surface area contributed by atoms with Gasteiger partial charge in [-0.25, -0.2) is 0 Å². The summed E-state index contributed by atoms with van der Waals surface area (Å²) in [6.45, 7) is 0. The molecule has 0 saturated carbocycles. The Hall–Kier alpha value is 0.0200. The third kappa shape index (κ3) is 2.51. The summed E-state index contributed by atoms with van der Waals surface area (Å²) in [7, 11) is 0. The molecule has 0 fully saturated rings. The molecule has 0 aliphatic heterocycles. The van der Waals surface area contributed by atoms with Gasteiger partial charge in [0.25, 0.3) is 0 Å². The van der Waals surface area contributed by atoms with Crippen LogP contribution >= 0.6 is 39.1 Å². The third-order valence-corrected chi connectivity index (χ3v) is 2.03. The minimum Gasteiger partial charge on any atom is -0.0843 e. The van der Waals surface area contributed by atoms with Gasteiger partial charge in [0.05, 0.1) is 0 Å². The normalized spacial score (nSPS) is 10.8. The SMILES string of the molecule is Clc1ccc(/C=C/Br)c(Cl)c1. The first-order chi connectivity index (χ1) is 5.24. The minimum absolute atomic E-state index is 0.654. The molecule has 0 nitrogen and oxygen atoms in total. The van der Waals surface area contributed by atoms with Crippen molar-refractivity contribution in [2.75, 3.05) is 0 Å². The smallest absolute Gasteiger partial charge is 0.0493 e. The molecule has 0 aromatic heterocycles. The van der Waals surface area contributed by atoms with Gasteiger partial charge in [-0.05, 0) is 28.8 Å². The van der Waals surface area contributed by atoms with E-state index in [-0.39, 0.29) is 0 Å². The molecule has 0 heterocycles. The van der Waals surface area contributed by atoms with Crippen LogP contribution in [-0.2, 0) is 0 Å². The summed E-state index contributed by atoms with van der Waals surface area (Å²) in [6, 6.07) is 5.38. The van der Waals surface area contributed by atoms with Crippen LogP contribution in [0.5, 0.6) is 0 Å². The van der Waals surface area contributed by atoms with Crippen LogP contribution in [0.2, 0.25) is 10.0 Å². The van der Waals surface area contributed by atoms with Gasteiger partial charge in [-0.3, -0.25) is 0 Å². The molecule has 58 valence electrons. The van der Waals surface area contributed by atoms with Gasteiger partial charge in [0.2, 0.25) is 0 Å². The first kappa shape index (κ1) is 9.11. The van der Waals surface area contributed by atoms with Crippen molar-refractivity contribution in [3.63, 3.8) is 0 Å². The quantitative estimate of drug-likeness (QED) is 0.696. The Morgan fingerprint density at radius 3 is 2.55 bits per heavy atom. The Bertz CT molecular complexity index is 281. The Morgan fingerprint density at radius 2 is 2.00 bits per heavy atom. The van der Waals surface area contributed by atoms with Crippen LogP contribution in [0.25, 0.3) is 6.08 Å². The zero-order chi connectivity index (χ0) is 8.27. The Labute approximate surface area is 83.9 Å². The molecule has 0 spiro atoms. The highest BCUT2D eigenvalue weighted by Crippen LogP contribution is 2.22. The maximum Gasteiger partial charge on any atom is 0.0493 e. The zero-order valence-electron chi connectivity index (χ0n) is 5.52. The molecule has 0 aliphatic rings. The van der Waals surface area contributed by atoms with Crippen molar-refractivity contribution in [3.05, 3.63) is 38.8 Å². The lowest BCUT2D eigenvalue weighted by Gasteiger charge is -1.96. The lowest BCUT2D eigenvalue weighted by Crippen LogP contribution is -1.73. The molecule has 0 atom stereocenters. The fourth-order valence-corrected chi connectivity index (χ4v) is 1.46.